The molecule has 1 heterocycles. The SMILES string of the molecule is CCCCCN1CCC(c2ccc(Cl)c(Cl)c2)C1. The van der Waals surface area contributed by atoms with Crippen molar-refractivity contribution < 1.29 is 0 Å². The number of likely N-dealkylation sites (tertiary alicyclic amines) is 1. The Balaban J connectivity index is 1.89. The monoisotopic (exact) mass is 285 g/mol. The van der Waals surface area contributed by atoms with Crippen molar-refractivity contribution in [3.8, 4) is 0 Å². The van der Waals surface area contributed by atoms with E-state index in [-0.39, 0.29) is 0 Å². The van der Waals surface area contributed by atoms with Crippen molar-refractivity contribution in [2.75, 3.05) is 19.6 Å². The molecule has 1 aliphatic heterocycles. The first-order chi connectivity index (χ1) is 8.70. The molecule has 0 radical (unpaired) electrons. The van der Waals surface area contributed by atoms with Crippen LogP contribution in [0.3, 0.4) is 0 Å². The Morgan fingerprint density at radius 1 is 1.22 bits per heavy atom. The lowest BCUT2D eigenvalue weighted by molar-refractivity contribution is 0.325. The zero-order valence-electron chi connectivity index (χ0n) is 11.0. The normalized spacial score (nSPS) is 20.5. The number of unbranched alkanes of at least 4 members (excludes halogenated alkanes) is 2. The number of rotatable bonds is 5. The molecule has 1 unspecified atom stereocenters. The van der Waals surface area contributed by atoms with Gasteiger partial charge in [0.15, 0.2) is 0 Å². The second-order valence-corrected chi connectivity index (χ2v) is 5.98. The highest BCUT2D eigenvalue weighted by atomic mass is 35.5. The first-order valence-electron chi connectivity index (χ1n) is 6.88. The van der Waals surface area contributed by atoms with Gasteiger partial charge in [-0.05, 0) is 49.5 Å². The number of hydrogen-bond acceptors (Lipinski definition) is 1. The molecule has 1 aromatic rings. The third kappa shape index (κ3) is 3.63. The van der Waals surface area contributed by atoms with E-state index in [2.05, 4.69) is 17.9 Å². The summed E-state index contributed by atoms with van der Waals surface area (Å²) in [6.07, 6.45) is 5.20. The van der Waals surface area contributed by atoms with Gasteiger partial charge in [0, 0.05) is 6.54 Å². The van der Waals surface area contributed by atoms with E-state index in [1.54, 1.807) is 0 Å². The first-order valence-corrected chi connectivity index (χ1v) is 7.63. The van der Waals surface area contributed by atoms with Gasteiger partial charge in [-0.2, -0.15) is 0 Å². The highest BCUT2D eigenvalue weighted by Gasteiger charge is 2.23. The summed E-state index contributed by atoms with van der Waals surface area (Å²) in [5, 5.41) is 1.33. The molecule has 0 aliphatic carbocycles. The third-order valence-electron chi connectivity index (χ3n) is 3.77. The largest absolute Gasteiger partial charge is 0.303 e. The number of nitrogens with zero attached hydrogens (tertiary/aromatic N) is 1. The Hall–Kier alpha value is -0.240. The van der Waals surface area contributed by atoms with Crippen LogP contribution in [0, 0.1) is 0 Å². The van der Waals surface area contributed by atoms with E-state index < -0.39 is 0 Å². The Morgan fingerprint density at radius 3 is 2.78 bits per heavy atom. The van der Waals surface area contributed by atoms with Crippen LogP contribution in [0.25, 0.3) is 0 Å². The highest BCUT2D eigenvalue weighted by Crippen LogP contribution is 2.31. The van der Waals surface area contributed by atoms with E-state index in [1.807, 2.05) is 12.1 Å². The van der Waals surface area contributed by atoms with Gasteiger partial charge in [0.1, 0.15) is 0 Å². The summed E-state index contributed by atoms with van der Waals surface area (Å²) in [6.45, 7) is 5.88. The number of benzene rings is 1. The average Bonchev–Trinajstić information content (AvgIpc) is 2.82. The van der Waals surface area contributed by atoms with Gasteiger partial charge in [-0.15, -0.1) is 0 Å². The lowest BCUT2D eigenvalue weighted by Gasteiger charge is -2.16. The summed E-state index contributed by atoms with van der Waals surface area (Å²) in [6, 6.07) is 6.07. The van der Waals surface area contributed by atoms with Crippen molar-refractivity contribution in [3.05, 3.63) is 33.8 Å². The molecule has 0 aromatic heterocycles. The fourth-order valence-electron chi connectivity index (χ4n) is 2.66. The molecule has 18 heavy (non-hydrogen) atoms. The Morgan fingerprint density at radius 2 is 2.06 bits per heavy atom. The van der Waals surface area contributed by atoms with E-state index in [0.29, 0.717) is 16.0 Å². The maximum absolute atomic E-state index is 6.09. The van der Waals surface area contributed by atoms with Crippen molar-refractivity contribution in [2.24, 2.45) is 0 Å². The van der Waals surface area contributed by atoms with Crippen molar-refractivity contribution in [3.63, 3.8) is 0 Å². The predicted octanol–water partition coefficient (Wildman–Crippen LogP) is 4.97. The summed E-state index contributed by atoms with van der Waals surface area (Å²) >= 11 is 12.0. The van der Waals surface area contributed by atoms with Crippen LogP contribution in [0.1, 0.15) is 44.1 Å². The molecule has 0 saturated carbocycles. The van der Waals surface area contributed by atoms with Crippen LogP contribution in [0.5, 0.6) is 0 Å². The summed E-state index contributed by atoms with van der Waals surface area (Å²) in [5.41, 5.74) is 1.34. The lowest BCUT2D eigenvalue weighted by atomic mass is 9.99. The van der Waals surface area contributed by atoms with Gasteiger partial charge in [-0.3, -0.25) is 0 Å². The minimum absolute atomic E-state index is 0.626. The first kappa shape index (κ1) is 14.2. The second kappa shape index (κ2) is 6.79. The summed E-state index contributed by atoms with van der Waals surface area (Å²) in [4.78, 5) is 2.57. The molecule has 1 fully saturated rings. The van der Waals surface area contributed by atoms with E-state index in [9.17, 15) is 0 Å². The smallest absolute Gasteiger partial charge is 0.0595 e. The minimum Gasteiger partial charge on any atom is -0.303 e. The van der Waals surface area contributed by atoms with Crippen LogP contribution >= 0.6 is 23.2 Å². The topological polar surface area (TPSA) is 3.24 Å². The Kier molecular flexibility index (Phi) is 5.35. The van der Waals surface area contributed by atoms with Gasteiger partial charge in [0.2, 0.25) is 0 Å². The molecule has 0 N–H and O–H groups in total. The van der Waals surface area contributed by atoms with E-state index >= 15 is 0 Å². The van der Waals surface area contributed by atoms with Gasteiger partial charge in [0.05, 0.1) is 10.0 Å². The zero-order chi connectivity index (χ0) is 13.0. The maximum atomic E-state index is 6.09. The molecule has 100 valence electrons. The minimum atomic E-state index is 0.626. The molecular formula is C15H21Cl2N. The van der Waals surface area contributed by atoms with Crippen LogP contribution < -0.4 is 0 Å². The third-order valence-corrected chi connectivity index (χ3v) is 4.50. The molecule has 0 bridgehead atoms. The van der Waals surface area contributed by atoms with Crippen LogP contribution in [-0.2, 0) is 0 Å². The fraction of sp³-hybridized carbons (Fsp3) is 0.600. The molecule has 2 rings (SSSR count). The van der Waals surface area contributed by atoms with Gasteiger partial charge in [-0.1, -0.05) is 49.0 Å². The average molecular weight is 286 g/mol. The van der Waals surface area contributed by atoms with Crippen molar-refractivity contribution in [1.29, 1.82) is 0 Å². The van der Waals surface area contributed by atoms with E-state index in [4.69, 9.17) is 23.2 Å². The molecular weight excluding hydrogens is 265 g/mol. The van der Waals surface area contributed by atoms with Gasteiger partial charge >= 0.3 is 0 Å². The van der Waals surface area contributed by atoms with E-state index in [0.717, 1.165) is 0 Å². The molecule has 0 spiro atoms. The lowest BCUT2D eigenvalue weighted by Crippen LogP contribution is -2.21. The van der Waals surface area contributed by atoms with E-state index in [1.165, 1.54) is 50.9 Å². The molecule has 1 saturated heterocycles. The Labute approximate surface area is 120 Å². The maximum Gasteiger partial charge on any atom is 0.0595 e. The summed E-state index contributed by atoms with van der Waals surface area (Å²) in [7, 11) is 0. The predicted molar refractivity (Wildman–Crippen MR) is 79.8 cm³/mol. The van der Waals surface area contributed by atoms with Gasteiger partial charge in [0.25, 0.3) is 0 Å². The standard InChI is InChI=1S/C15H21Cl2N/c1-2-3-4-8-18-9-7-13(11-18)12-5-6-14(16)15(17)10-12/h5-6,10,13H,2-4,7-9,11H2,1H3. The molecule has 1 nitrogen and oxygen atoms in total. The number of halogens is 2. The van der Waals surface area contributed by atoms with Crippen molar-refractivity contribution >= 4 is 23.2 Å². The molecule has 1 atom stereocenters. The Bertz CT molecular complexity index is 392. The quantitative estimate of drug-likeness (QED) is 0.690. The van der Waals surface area contributed by atoms with Gasteiger partial charge < -0.3 is 4.90 Å². The van der Waals surface area contributed by atoms with Crippen molar-refractivity contribution in [2.45, 2.75) is 38.5 Å². The second-order valence-electron chi connectivity index (χ2n) is 5.17. The molecule has 1 aromatic carbocycles. The molecule has 0 amide bonds. The van der Waals surface area contributed by atoms with Crippen LogP contribution in [-0.4, -0.2) is 24.5 Å². The fourth-order valence-corrected chi connectivity index (χ4v) is 2.97. The number of hydrogen-bond donors (Lipinski definition) is 0. The van der Waals surface area contributed by atoms with Crippen LogP contribution in [0.4, 0.5) is 0 Å². The van der Waals surface area contributed by atoms with Gasteiger partial charge in [-0.25, -0.2) is 0 Å². The van der Waals surface area contributed by atoms with Crippen LogP contribution in [0.2, 0.25) is 10.0 Å². The van der Waals surface area contributed by atoms with Crippen LogP contribution in [0.15, 0.2) is 18.2 Å². The molecule has 1 aliphatic rings. The summed E-state index contributed by atoms with van der Waals surface area (Å²) < 4.78 is 0. The highest BCUT2D eigenvalue weighted by molar-refractivity contribution is 6.42. The summed E-state index contributed by atoms with van der Waals surface area (Å²) in [5.74, 6) is 0.626. The zero-order valence-corrected chi connectivity index (χ0v) is 12.5. The molecule has 3 heteroatoms. The van der Waals surface area contributed by atoms with Crippen molar-refractivity contribution in [1.82, 2.24) is 4.90 Å².